The second-order valence-electron chi connectivity index (χ2n) is 7.26. The fourth-order valence-electron chi connectivity index (χ4n) is 3.38. The summed E-state index contributed by atoms with van der Waals surface area (Å²) in [6.45, 7) is 1.45. The van der Waals surface area contributed by atoms with Gasteiger partial charge in [0.25, 0.3) is 10.0 Å². The number of carbonyl (C=O) groups excluding carboxylic acids is 1. The number of sulfonamides is 1. The SMILES string of the molecule is O=C(Cc1csc(-c2ccccc2Cl)n1)NCc1ccc(S(=O)(=O)N2CCCCC2)s1. The number of nitrogens with one attached hydrogen (secondary N) is 1. The molecule has 0 atom stereocenters. The second-order valence-corrected chi connectivity index (χ2v) is 11.9. The molecule has 4 rings (SSSR count). The Labute approximate surface area is 194 Å². The lowest BCUT2D eigenvalue weighted by Crippen LogP contribution is -2.35. The van der Waals surface area contributed by atoms with Crippen molar-refractivity contribution in [1.82, 2.24) is 14.6 Å². The van der Waals surface area contributed by atoms with Crippen LogP contribution < -0.4 is 5.32 Å². The van der Waals surface area contributed by atoms with Crippen molar-refractivity contribution >= 4 is 50.2 Å². The third kappa shape index (κ3) is 5.35. The van der Waals surface area contributed by atoms with Crippen molar-refractivity contribution in [1.29, 1.82) is 0 Å². The van der Waals surface area contributed by atoms with Crippen LogP contribution >= 0.6 is 34.3 Å². The molecule has 0 radical (unpaired) electrons. The Morgan fingerprint density at radius 1 is 1.13 bits per heavy atom. The lowest BCUT2D eigenvalue weighted by atomic mass is 10.2. The van der Waals surface area contributed by atoms with E-state index >= 15 is 0 Å². The number of amides is 1. The van der Waals surface area contributed by atoms with Gasteiger partial charge >= 0.3 is 0 Å². The fourth-order valence-corrected chi connectivity index (χ4v) is 7.49. The minimum absolute atomic E-state index is 0.158. The quantitative estimate of drug-likeness (QED) is 0.521. The van der Waals surface area contributed by atoms with Crippen LogP contribution in [0.5, 0.6) is 0 Å². The number of hydrogen-bond acceptors (Lipinski definition) is 6. The molecule has 3 heterocycles. The van der Waals surface area contributed by atoms with E-state index in [1.54, 1.807) is 16.4 Å². The zero-order chi connectivity index (χ0) is 21.8. The van der Waals surface area contributed by atoms with Crippen molar-refractivity contribution < 1.29 is 13.2 Å². The van der Waals surface area contributed by atoms with E-state index in [1.807, 2.05) is 29.6 Å². The van der Waals surface area contributed by atoms with Gasteiger partial charge in [0.1, 0.15) is 9.22 Å². The molecule has 1 aliphatic rings. The van der Waals surface area contributed by atoms with Crippen molar-refractivity contribution in [3.63, 3.8) is 0 Å². The van der Waals surface area contributed by atoms with E-state index in [-0.39, 0.29) is 12.3 Å². The number of thiophene rings is 1. The van der Waals surface area contributed by atoms with Gasteiger partial charge in [0.15, 0.2) is 0 Å². The van der Waals surface area contributed by atoms with Crippen LogP contribution in [0.15, 0.2) is 46.0 Å². The van der Waals surface area contributed by atoms with Gasteiger partial charge in [-0.25, -0.2) is 13.4 Å². The molecule has 10 heteroatoms. The summed E-state index contributed by atoms with van der Waals surface area (Å²) in [5, 5.41) is 6.11. The second kappa shape index (κ2) is 9.79. The predicted octanol–water partition coefficient (Wildman–Crippen LogP) is 4.56. The Kier molecular flexibility index (Phi) is 7.08. The van der Waals surface area contributed by atoms with Crippen molar-refractivity contribution in [2.24, 2.45) is 0 Å². The minimum Gasteiger partial charge on any atom is -0.351 e. The molecule has 1 aromatic carbocycles. The monoisotopic (exact) mass is 495 g/mol. The Morgan fingerprint density at radius 2 is 1.90 bits per heavy atom. The molecule has 3 aromatic rings. The Hall–Kier alpha value is -1.78. The first kappa shape index (κ1) is 22.4. The average molecular weight is 496 g/mol. The first-order valence-electron chi connectivity index (χ1n) is 9.98. The summed E-state index contributed by atoms with van der Waals surface area (Å²) in [6, 6.07) is 10.9. The number of rotatable bonds is 7. The molecule has 2 aromatic heterocycles. The zero-order valence-corrected chi connectivity index (χ0v) is 19.9. The van der Waals surface area contributed by atoms with Gasteiger partial charge in [-0.05, 0) is 31.0 Å². The van der Waals surface area contributed by atoms with Crippen molar-refractivity contribution in [2.75, 3.05) is 13.1 Å². The highest BCUT2D eigenvalue weighted by atomic mass is 35.5. The number of carbonyl (C=O) groups is 1. The third-order valence-electron chi connectivity index (χ3n) is 5.00. The van der Waals surface area contributed by atoms with Crippen LogP contribution in [0, 0.1) is 0 Å². The van der Waals surface area contributed by atoms with Gasteiger partial charge in [0.05, 0.1) is 23.7 Å². The van der Waals surface area contributed by atoms with E-state index in [0.717, 1.165) is 34.7 Å². The molecule has 0 spiro atoms. The number of hydrogen-bond donors (Lipinski definition) is 1. The van der Waals surface area contributed by atoms with E-state index in [9.17, 15) is 13.2 Å². The van der Waals surface area contributed by atoms with Crippen molar-refractivity contribution in [2.45, 2.75) is 36.4 Å². The predicted molar refractivity (Wildman–Crippen MR) is 125 cm³/mol. The molecular formula is C21H22ClN3O3S3. The van der Waals surface area contributed by atoms with Crippen LogP contribution in [0.2, 0.25) is 5.02 Å². The van der Waals surface area contributed by atoms with Gasteiger partial charge in [0.2, 0.25) is 5.91 Å². The zero-order valence-electron chi connectivity index (χ0n) is 16.7. The number of nitrogens with zero attached hydrogens (tertiary/aromatic N) is 2. The fraction of sp³-hybridized carbons (Fsp3) is 0.333. The number of halogens is 1. The van der Waals surface area contributed by atoms with Crippen LogP contribution in [0.25, 0.3) is 10.6 Å². The van der Waals surface area contributed by atoms with Crippen LogP contribution in [0.1, 0.15) is 29.8 Å². The minimum atomic E-state index is -3.44. The number of piperidine rings is 1. The number of aromatic nitrogens is 1. The molecule has 6 nitrogen and oxygen atoms in total. The third-order valence-corrected chi connectivity index (χ3v) is 9.71. The summed E-state index contributed by atoms with van der Waals surface area (Å²) in [7, 11) is -3.44. The van der Waals surface area contributed by atoms with Crippen molar-refractivity contribution in [3.8, 4) is 10.6 Å². The first-order chi connectivity index (χ1) is 14.9. The average Bonchev–Trinajstić information content (AvgIpc) is 3.43. The summed E-state index contributed by atoms with van der Waals surface area (Å²) in [6.07, 6.45) is 3.04. The molecule has 0 saturated carbocycles. The molecule has 0 bridgehead atoms. The maximum atomic E-state index is 12.8. The van der Waals surface area contributed by atoms with Gasteiger partial charge in [-0.2, -0.15) is 4.31 Å². The van der Waals surface area contributed by atoms with Gasteiger partial charge in [-0.3, -0.25) is 4.79 Å². The lowest BCUT2D eigenvalue weighted by molar-refractivity contribution is -0.120. The lowest BCUT2D eigenvalue weighted by Gasteiger charge is -2.25. The maximum absolute atomic E-state index is 12.8. The Bertz CT molecular complexity index is 1170. The smallest absolute Gasteiger partial charge is 0.252 e. The van der Waals surface area contributed by atoms with Crippen LogP contribution in [0.3, 0.4) is 0 Å². The number of benzene rings is 1. The summed E-state index contributed by atoms with van der Waals surface area (Å²) < 4.78 is 27.4. The summed E-state index contributed by atoms with van der Waals surface area (Å²) >= 11 is 8.88. The van der Waals surface area contributed by atoms with Gasteiger partial charge in [-0.1, -0.05) is 36.2 Å². The summed E-state index contributed by atoms with van der Waals surface area (Å²) in [5.41, 5.74) is 1.53. The molecule has 164 valence electrons. The highest BCUT2D eigenvalue weighted by Gasteiger charge is 2.27. The largest absolute Gasteiger partial charge is 0.351 e. The summed E-state index contributed by atoms with van der Waals surface area (Å²) in [5.74, 6) is -0.162. The molecule has 1 amide bonds. The highest BCUT2D eigenvalue weighted by molar-refractivity contribution is 7.91. The normalized spacial score (nSPS) is 15.1. The topological polar surface area (TPSA) is 79.4 Å². The highest BCUT2D eigenvalue weighted by Crippen LogP contribution is 2.30. The van der Waals surface area contributed by atoms with Crippen molar-refractivity contribution in [3.05, 3.63) is 57.4 Å². The van der Waals surface area contributed by atoms with E-state index in [1.165, 1.54) is 22.7 Å². The van der Waals surface area contributed by atoms with E-state index in [2.05, 4.69) is 10.3 Å². The Balaban J connectivity index is 1.33. The first-order valence-corrected chi connectivity index (χ1v) is 13.5. The molecule has 31 heavy (non-hydrogen) atoms. The molecule has 0 unspecified atom stereocenters. The van der Waals surface area contributed by atoms with Crippen LogP contribution in [-0.2, 0) is 27.8 Å². The molecule has 1 saturated heterocycles. The number of thiazole rings is 1. The van der Waals surface area contributed by atoms with Crippen LogP contribution in [0.4, 0.5) is 0 Å². The van der Waals surface area contributed by atoms with Gasteiger partial charge in [-0.15, -0.1) is 22.7 Å². The standard InChI is InChI=1S/C21H22ClN3O3S3/c22-18-7-3-2-6-17(18)21-24-15(14-29-21)12-19(26)23-13-16-8-9-20(30-16)31(27,28)25-10-4-1-5-11-25/h2-3,6-9,14H,1,4-5,10-13H2,(H,23,26). The Morgan fingerprint density at radius 3 is 2.68 bits per heavy atom. The van der Waals surface area contributed by atoms with E-state index < -0.39 is 10.0 Å². The molecule has 1 N–H and O–H groups in total. The molecule has 1 aliphatic heterocycles. The molecular weight excluding hydrogens is 474 g/mol. The van der Waals surface area contributed by atoms with E-state index in [4.69, 9.17) is 11.6 Å². The molecule has 1 fully saturated rings. The maximum Gasteiger partial charge on any atom is 0.252 e. The van der Waals surface area contributed by atoms with Crippen LogP contribution in [-0.4, -0.2) is 36.7 Å². The van der Waals surface area contributed by atoms with Gasteiger partial charge < -0.3 is 5.32 Å². The molecule has 0 aliphatic carbocycles. The van der Waals surface area contributed by atoms with Gasteiger partial charge in [0, 0.05) is 28.9 Å². The summed E-state index contributed by atoms with van der Waals surface area (Å²) in [4.78, 5) is 17.7. The van der Waals surface area contributed by atoms with E-state index in [0.29, 0.717) is 34.6 Å².